The van der Waals surface area contributed by atoms with Crippen molar-refractivity contribution in [2.24, 2.45) is 0 Å². The maximum absolute atomic E-state index is 13.7. The molecule has 3 fully saturated rings. The number of benzene rings is 1. The SMILES string of the molecule is CCCCN1C(=O)[C@@H](CC2(O)CCCCC2)NC(=O)C12CCN(CCOCCOc1ccccc1)CC2.Cl. The van der Waals surface area contributed by atoms with Gasteiger partial charge in [0.05, 0.1) is 18.8 Å². The van der Waals surface area contributed by atoms with Gasteiger partial charge in [-0.3, -0.25) is 9.59 Å². The van der Waals surface area contributed by atoms with Crippen molar-refractivity contribution in [3.05, 3.63) is 30.3 Å². The van der Waals surface area contributed by atoms with E-state index in [-0.39, 0.29) is 24.2 Å². The molecule has 0 aromatic heterocycles. The highest BCUT2D eigenvalue weighted by atomic mass is 35.5. The van der Waals surface area contributed by atoms with Crippen molar-refractivity contribution in [3.63, 3.8) is 0 Å². The predicted molar refractivity (Wildman–Crippen MR) is 150 cm³/mol. The minimum Gasteiger partial charge on any atom is -0.491 e. The predicted octanol–water partition coefficient (Wildman–Crippen LogP) is 3.55. The first-order valence-corrected chi connectivity index (χ1v) is 14.3. The molecule has 9 heteroatoms. The van der Waals surface area contributed by atoms with Crippen LogP contribution in [0.3, 0.4) is 0 Å². The lowest BCUT2D eigenvalue weighted by atomic mass is 9.77. The fourth-order valence-electron chi connectivity index (χ4n) is 6.12. The molecule has 2 saturated heterocycles. The summed E-state index contributed by atoms with van der Waals surface area (Å²) < 4.78 is 11.4. The zero-order chi connectivity index (χ0) is 26.1. The van der Waals surface area contributed by atoms with E-state index >= 15 is 0 Å². The first kappa shape index (κ1) is 30.7. The number of piperazine rings is 1. The van der Waals surface area contributed by atoms with Crippen LogP contribution >= 0.6 is 12.4 Å². The average molecular weight is 552 g/mol. The van der Waals surface area contributed by atoms with E-state index in [0.29, 0.717) is 58.5 Å². The number of unbranched alkanes of at least 4 members (excludes halogenated alkanes) is 1. The summed E-state index contributed by atoms with van der Waals surface area (Å²) in [5.41, 5.74) is -1.62. The molecule has 4 rings (SSSR count). The largest absolute Gasteiger partial charge is 0.491 e. The third-order valence-electron chi connectivity index (χ3n) is 8.39. The van der Waals surface area contributed by atoms with E-state index in [1.54, 1.807) is 0 Å². The van der Waals surface area contributed by atoms with Gasteiger partial charge in [-0.15, -0.1) is 12.4 Å². The smallest absolute Gasteiger partial charge is 0.246 e. The van der Waals surface area contributed by atoms with Crippen LogP contribution in [0.1, 0.15) is 71.1 Å². The second kappa shape index (κ2) is 14.5. The van der Waals surface area contributed by atoms with Gasteiger partial charge in [0, 0.05) is 32.6 Å². The Labute approximate surface area is 233 Å². The Morgan fingerprint density at radius 2 is 1.68 bits per heavy atom. The highest BCUT2D eigenvalue weighted by Gasteiger charge is 2.54. The second-order valence-corrected chi connectivity index (χ2v) is 11.0. The van der Waals surface area contributed by atoms with Crippen LogP contribution in [-0.4, -0.2) is 89.9 Å². The molecule has 1 aromatic rings. The van der Waals surface area contributed by atoms with Gasteiger partial charge in [0.2, 0.25) is 11.8 Å². The first-order chi connectivity index (χ1) is 18.0. The number of para-hydroxylation sites is 1. The van der Waals surface area contributed by atoms with Gasteiger partial charge in [-0.1, -0.05) is 50.8 Å². The molecular formula is C29H46ClN3O5. The molecule has 1 saturated carbocycles. The van der Waals surface area contributed by atoms with E-state index in [2.05, 4.69) is 17.1 Å². The molecule has 0 bridgehead atoms. The Kier molecular flexibility index (Phi) is 11.7. The topological polar surface area (TPSA) is 91.3 Å². The molecule has 0 unspecified atom stereocenters. The number of carbonyl (C=O) groups is 2. The van der Waals surface area contributed by atoms with Crippen molar-refractivity contribution in [1.29, 1.82) is 0 Å². The number of rotatable bonds is 12. The van der Waals surface area contributed by atoms with Crippen LogP contribution in [-0.2, 0) is 14.3 Å². The van der Waals surface area contributed by atoms with E-state index in [1.165, 1.54) is 0 Å². The molecule has 214 valence electrons. The number of hydrogen-bond donors (Lipinski definition) is 2. The summed E-state index contributed by atoms with van der Waals surface area (Å²) in [4.78, 5) is 31.4. The maximum Gasteiger partial charge on any atom is 0.246 e. The van der Waals surface area contributed by atoms with Gasteiger partial charge in [-0.05, 0) is 44.2 Å². The zero-order valence-electron chi connectivity index (χ0n) is 22.9. The molecule has 2 N–H and O–H groups in total. The monoisotopic (exact) mass is 551 g/mol. The van der Waals surface area contributed by atoms with E-state index in [1.807, 2.05) is 35.2 Å². The van der Waals surface area contributed by atoms with Crippen molar-refractivity contribution in [2.75, 3.05) is 46.0 Å². The lowest BCUT2D eigenvalue weighted by molar-refractivity contribution is -0.163. The van der Waals surface area contributed by atoms with E-state index in [9.17, 15) is 14.7 Å². The fraction of sp³-hybridized carbons (Fsp3) is 0.724. The Bertz CT molecular complexity index is 872. The maximum atomic E-state index is 13.7. The van der Waals surface area contributed by atoms with Crippen molar-refractivity contribution < 1.29 is 24.2 Å². The molecule has 2 aliphatic heterocycles. The molecule has 1 spiro atoms. The molecule has 1 aliphatic carbocycles. The standard InChI is InChI=1S/C29H45N3O5.ClH/c1-2-3-16-32-26(33)25(23-28(35)12-8-5-9-13-28)30-27(34)29(32)14-17-31(18-15-29)19-20-36-21-22-37-24-10-6-4-7-11-24;/h4,6-7,10-11,25,35H,2-3,5,8-9,12-23H2,1H3,(H,30,34);1H/t25-;/m1./s1. The summed E-state index contributed by atoms with van der Waals surface area (Å²) >= 11 is 0. The summed E-state index contributed by atoms with van der Waals surface area (Å²) in [5.74, 6) is 0.791. The van der Waals surface area contributed by atoms with Gasteiger partial charge < -0.3 is 29.7 Å². The van der Waals surface area contributed by atoms with Crippen LogP contribution in [0.15, 0.2) is 30.3 Å². The van der Waals surface area contributed by atoms with Crippen LogP contribution in [0.5, 0.6) is 5.75 Å². The lowest BCUT2D eigenvalue weighted by Crippen LogP contribution is -2.73. The van der Waals surface area contributed by atoms with Crippen LogP contribution in [0.2, 0.25) is 0 Å². The van der Waals surface area contributed by atoms with Crippen LogP contribution in [0, 0.1) is 0 Å². The molecule has 1 atom stereocenters. The highest BCUT2D eigenvalue weighted by Crippen LogP contribution is 2.37. The molecular weight excluding hydrogens is 506 g/mol. The van der Waals surface area contributed by atoms with Gasteiger partial charge in [0.1, 0.15) is 23.9 Å². The Morgan fingerprint density at radius 3 is 2.37 bits per heavy atom. The number of halogens is 1. The van der Waals surface area contributed by atoms with Crippen molar-refractivity contribution in [2.45, 2.75) is 88.3 Å². The number of carbonyl (C=O) groups excluding carboxylic acids is 2. The lowest BCUT2D eigenvalue weighted by Gasteiger charge is -2.52. The average Bonchev–Trinajstić information content (AvgIpc) is 2.91. The van der Waals surface area contributed by atoms with Crippen molar-refractivity contribution >= 4 is 24.2 Å². The highest BCUT2D eigenvalue weighted by molar-refractivity contribution is 6.00. The van der Waals surface area contributed by atoms with E-state index in [0.717, 1.165) is 57.5 Å². The molecule has 1 aromatic carbocycles. The van der Waals surface area contributed by atoms with Gasteiger partial charge in [0.25, 0.3) is 0 Å². The van der Waals surface area contributed by atoms with Crippen LogP contribution in [0.25, 0.3) is 0 Å². The Hall–Kier alpha value is -1.87. The third-order valence-corrected chi connectivity index (χ3v) is 8.39. The van der Waals surface area contributed by atoms with Gasteiger partial charge in [-0.2, -0.15) is 0 Å². The number of hydrogen-bond acceptors (Lipinski definition) is 6. The third kappa shape index (κ3) is 7.62. The first-order valence-electron chi connectivity index (χ1n) is 14.3. The van der Waals surface area contributed by atoms with E-state index < -0.39 is 17.2 Å². The summed E-state index contributed by atoms with van der Waals surface area (Å²) in [5, 5.41) is 14.1. The van der Waals surface area contributed by atoms with Crippen LogP contribution < -0.4 is 10.1 Å². The molecule has 2 heterocycles. The van der Waals surface area contributed by atoms with Gasteiger partial charge >= 0.3 is 0 Å². The summed E-state index contributed by atoms with van der Waals surface area (Å²) in [7, 11) is 0. The van der Waals surface area contributed by atoms with Crippen molar-refractivity contribution in [1.82, 2.24) is 15.1 Å². The number of nitrogens with one attached hydrogen (secondary N) is 1. The number of piperidine rings is 1. The molecule has 3 aliphatic rings. The van der Waals surface area contributed by atoms with Gasteiger partial charge in [-0.25, -0.2) is 0 Å². The molecule has 8 nitrogen and oxygen atoms in total. The van der Waals surface area contributed by atoms with E-state index in [4.69, 9.17) is 9.47 Å². The minimum atomic E-state index is -0.845. The number of nitrogens with zero attached hydrogens (tertiary/aromatic N) is 2. The summed E-state index contributed by atoms with van der Waals surface area (Å²) in [6, 6.07) is 9.09. The molecule has 2 amide bonds. The molecule has 38 heavy (non-hydrogen) atoms. The van der Waals surface area contributed by atoms with Crippen LogP contribution in [0.4, 0.5) is 0 Å². The number of amides is 2. The summed E-state index contributed by atoms with van der Waals surface area (Å²) in [6.07, 6.45) is 7.93. The van der Waals surface area contributed by atoms with Crippen molar-refractivity contribution in [3.8, 4) is 5.75 Å². The Morgan fingerprint density at radius 1 is 0.974 bits per heavy atom. The number of likely N-dealkylation sites (tertiary alicyclic amines) is 1. The fourth-order valence-corrected chi connectivity index (χ4v) is 6.12. The number of aliphatic hydroxyl groups is 1. The number of ether oxygens (including phenoxy) is 2. The zero-order valence-corrected chi connectivity index (χ0v) is 23.7. The normalized spacial score (nSPS) is 23.1. The second-order valence-electron chi connectivity index (χ2n) is 11.0. The summed E-state index contributed by atoms with van der Waals surface area (Å²) in [6.45, 7) is 6.65. The molecule has 0 radical (unpaired) electrons. The minimum absolute atomic E-state index is 0. The quantitative estimate of drug-likeness (QED) is 0.386. The van der Waals surface area contributed by atoms with Gasteiger partial charge in [0.15, 0.2) is 0 Å². The Balaban J connectivity index is 0.00000400.